The van der Waals surface area contributed by atoms with E-state index in [1.165, 1.54) is 13.2 Å². The van der Waals surface area contributed by atoms with E-state index in [9.17, 15) is 18.4 Å². The van der Waals surface area contributed by atoms with Crippen LogP contribution in [-0.4, -0.2) is 25.0 Å². The highest BCUT2D eigenvalue weighted by atomic mass is 79.9. The molecule has 0 unspecified atom stereocenters. The van der Waals surface area contributed by atoms with Gasteiger partial charge in [0.15, 0.2) is 11.6 Å². The quantitative estimate of drug-likeness (QED) is 0.787. The maximum Gasteiger partial charge on any atom is 0.328 e. The van der Waals surface area contributed by atoms with E-state index in [-0.39, 0.29) is 6.42 Å². The summed E-state index contributed by atoms with van der Waals surface area (Å²) >= 11 is 3.32. The summed E-state index contributed by atoms with van der Waals surface area (Å²) in [5, 5.41) is 2.38. The van der Waals surface area contributed by atoms with Crippen LogP contribution >= 0.6 is 15.9 Å². The van der Waals surface area contributed by atoms with Crippen LogP contribution in [0.15, 0.2) is 46.9 Å². The molecule has 0 saturated heterocycles. The lowest BCUT2D eigenvalue weighted by Gasteiger charge is -2.17. The summed E-state index contributed by atoms with van der Waals surface area (Å²) in [6, 6.07) is 9.39. The molecule has 0 aromatic heterocycles. The van der Waals surface area contributed by atoms with Crippen LogP contribution in [0.3, 0.4) is 0 Å². The standard InChI is InChI=1S/C17H14BrF2NO3/c1-24-17(23)14(9-10-4-2-5-11(18)8-10)21-16(22)12-6-3-7-13(19)15(12)20/h2-8,14H,9H2,1H3,(H,21,22)/t14-/m1/s1. The second-order valence-electron chi connectivity index (χ2n) is 4.98. The molecule has 24 heavy (non-hydrogen) atoms. The fourth-order valence-corrected chi connectivity index (χ4v) is 2.60. The molecule has 0 aliphatic carbocycles. The van der Waals surface area contributed by atoms with Crippen LogP contribution in [0.4, 0.5) is 8.78 Å². The van der Waals surface area contributed by atoms with Crippen molar-refractivity contribution in [1.29, 1.82) is 0 Å². The van der Waals surface area contributed by atoms with E-state index in [2.05, 4.69) is 26.0 Å². The molecule has 1 atom stereocenters. The Labute approximate surface area is 145 Å². The number of rotatable bonds is 5. The molecule has 126 valence electrons. The minimum absolute atomic E-state index is 0.148. The van der Waals surface area contributed by atoms with Crippen molar-refractivity contribution in [3.05, 3.63) is 69.7 Å². The van der Waals surface area contributed by atoms with E-state index in [0.717, 1.165) is 22.2 Å². The highest BCUT2D eigenvalue weighted by Crippen LogP contribution is 2.15. The van der Waals surface area contributed by atoms with Crippen LogP contribution in [0.1, 0.15) is 15.9 Å². The molecule has 0 fully saturated rings. The van der Waals surface area contributed by atoms with Gasteiger partial charge in [-0.2, -0.15) is 0 Å². The Hall–Kier alpha value is -2.28. The van der Waals surface area contributed by atoms with Gasteiger partial charge in [0.05, 0.1) is 12.7 Å². The van der Waals surface area contributed by atoms with E-state index in [0.29, 0.717) is 0 Å². The zero-order chi connectivity index (χ0) is 17.7. The monoisotopic (exact) mass is 397 g/mol. The molecule has 0 saturated carbocycles. The minimum Gasteiger partial charge on any atom is -0.467 e. The van der Waals surface area contributed by atoms with E-state index in [4.69, 9.17) is 0 Å². The topological polar surface area (TPSA) is 55.4 Å². The first kappa shape index (κ1) is 18.1. The molecule has 1 amide bonds. The molecule has 0 bridgehead atoms. The third-order valence-electron chi connectivity index (χ3n) is 3.32. The zero-order valence-electron chi connectivity index (χ0n) is 12.7. The number of ether oxygens (including phenoxy) is 1. The Balaban J connectivity index is 2.21. The normalized spacial score (nSPS) is 11.7. The van der Waals surface area contributed by atoms with Gasteiger partial charge in [0.1, 0.15) is 6.04 Å². The van der Waals surface area contributed by atoms with Crippen molar-refractivity contribution in [1.82, 2.24) is 5.32 Å². The van der Waals surface area contributed by atoms with Gasteiger partial charge < -0.3 is 10.1 Å². The van der Waals surface area contributed by atoms with Crippen molar-refractivity contribution >= 4 is 27.8 Å². The highest BCUT2D eigenvalue weighted by Gasteiger charge is 2.24. The molecular formula is C17H14BrF2NO3. The molecule has 0 aliphatic rings. The third-order valence-corrected chi connectivity index (χ3v) is 3.81. The number of hydrogen-bond acceptors (Lipinski definition) is 3. The van der Waals surface area contributed by atoms with Crippen molar-refractivity contribution in [3.63, 3.8) is 0 Å². The molecule has 0 radical (unpaired) electrons. The van der Waals surface area contributed by atoms with Gasteiger partial charge in [0.2, 0.25) is 0 Å². The summed E-state index contributed by atoms with van der Waals surface area (Å²) in [7, 11) is 1.19. The third kappa shape index (κ3) is 4.38. The molecule has 0 aliphatic heterocycles. The fourth-order valence-electron chi connectivity index (χ4n) is 2.15. The summed E-state index contributed by atoms with van der Waals surface area (Å²) in [6.45, 7) is 0. The molecular weight excluding hydrogens is 384 g/mol. The second kappa shape index (κ2) is 8.01. The smallest absolute Gasteiger partial charge is 0.328 e. The van der Waals surface area contributed by atoms with E-state index in [1.807, 2.05) is 6.07 Å². The average molecular weight is 398 g/mol. The van der Waals surface area contributed by atoms with Gasteiger partial charge in [0, 0.05) is 10.9 Å². The molecule has 0 spiro atoms. The number of esters is 1. The number of halogens is 3. The van der Waals surface area contributed by atoms with Crippen LogP contribution < -0.4 is 5.32 Å². The van der Waals surface area contributed by atoms with Crippen molar-refractivity contribution in [3.8, 4) is 0 Å². The van der Waals surface area contributed by atoms with Gasteiger partial charge in [-0.15, -0.1) is 0 Å². The van der Waals surface area contributed by atoms with Crippen molar-refractivity contribution in [2.45, 2.75) is 12.5 Å². The van der Waals surface area contributed by atoms with Gasteiger partial charge in [-0.05, 0) is 29.8 Å². The van der Waals surface area contributed by atoms with Crippen LogP contribution in [0.25, 0.3) is 0 Å². The van der Waals surface area contributed by atoms with Crippen molar-refractivity contribution < 1.29 is 23.1 Å². The van der Waals surface area contributed by atoms with Crippen LogP contribution in [0.2, 0.25) is 0 Å². The van der Waals surface area contributed by atoms with Crippen LogP contribution in [-0.2, 0) is 16.0 Å². The summed E-state index contributed by atoms with van der Waals surface area (Å²) in [5.41, 5.74) is 0.290. The van der Waals surface area contributed by atoms with Gasteiger partial charge in [-0.1, -0.05) is 34.1 Å². The van der Waals surface area contributed by atoms with E-state index >= 15 is 0 Å². The maximum absolute atomic E-state index is 13.7. The number of amides is 1. The SMILES string of the molecule is COC(=O)[C@@H](Cc1cccc(Br)c1)NC(=O)c1cccc(F)c1F. The Morgan fingerprint density at radius 3 is 2.58 bits per heavy atom. The Bertz CT molecular complexity index is 767. The Morgan fingerprint density at radius 2 is 1.92 bits per heavy atom. The van der Waals surface area contributed by atoms with Crippen molar-refractivity contribution in [2.24, 2.45) is 0 Å². The molecule has 7 heteroatoms. The number of hydrogen-bond donors (Lipinski definition) is 1. The first-order valence-corrected chi connectivity index (χ1v) is 7.79. The number of benzene rings is 2. The van der Waals surface area contributed by atoms with Gasteiger partial charge in [-0.25, -0.2) is 13.6 Å². The molecule has 2 aromatic rings. The van der Waals surface area contributed by atoms with Crippen LogP contribution in [0.5, 0.6) is 0 Å². The largest absolute Gasteiger partial charge is 0.467 e. The Morgan fingerprint density at radius 1 is 1.21 bits per heavy atom. The molecule has 4 nitrogen and oxygen atoms in total. The predicted octanol–water partition coefficient (Wildman–Crippen LogP) is 3.24. The molecule has 0 heterocycles. The number of carbonyl (C=O) groups excluding carboxylic acids is 2. The fraction of sp³-hybridized carbons (Fsp3) is 0.176. The lowest BCUT2D eigenvalue weighted by Crippen LogP contribution is -2.43. The lowest BCUT2D eigenvalue weighted by atomic mass is 10.1. The van der Waals surface area contributed by atoms with Gasteiger partial charge >= 0.3 is 5.97 Å². The zero-order valence-corrected chi connectivity index (χ0v) is 14.3. The summed E-state index contributed by atoms with van der Waals surface area (Å²) in [5.74, 6) is -3.97. The van der Waals surface area contributed by atoms with Gasteiger partial charge in [0.25, 0.3) is 5.91 Å². The molecule has 2 aromatic carbocycles. The second-order valence-corrected chi connectivity index (χ2v) is 5.90. The first-order chi connectivity index (χ1) is 11.4. The van der Waals surface area contributed by atoms with E-state index < -0.39 is 35.1 Å². The molecule has 1 N–H and O–H groups in total. The van der Waals surface area contributed by atoms with E-state index in [1.54, 1.807) is 18.2 Å². The average Bonchev–Trinajstić information content (AvgIpc) is 2.56. The lowest BCUT2D eigenvalue weighted by molar-refractivity contribution is -0.142. The first-order valence-electron chi connectivity index (χ1n) is 6.99. The summed E-state index contributed by atoms with van der Waals surface area (Å²) in [6.07, 6.45) is 0.148. The maximum atomic E-state index is 13.7. The number of methoxy groups -OCH3 is 1. The highest BCUT2D eigenvalue weighted by molar-refractivity contribution is 9.10. The predicted molar refractivity (Wildman–Crippen MR) is 87.5 cm³/mol. The number of nitrogens with one attached hydrogen (secondary N) is 1. The minimum atomic E-state index is -1.26. The summed E-state index contributed by atoms with van der Waals surface area (Å²) in [4.78, 5) is 24.1. The van der Waals surface area contributed by atoms with Crippen molar-refractivity contribution in [2.75, 3.05) is 7.11 Å². The van der Waals surface area contributed by atoms with Gasteiger partial charge in [-0.3, -0.25) is 4.79 Å². The summed E-state index contributed by atoms with van der Waals surface area (Å²) < 4.78 is 32.4. The molecule has 2 rings (SSSR count). The van der Waals surface area contributed by atoms with Crippen LogP contribution in [0, 0.1) is 11.6 Å². The Kier molecular flexibility index (Phi) is 6.03. The number of carbonyl (C=O) groups is 2.